The van der Waals surface area contributed by atoms with E-state index in [1.54, 1.807) is 0 Å². The number of thioether (sulfide) groups is 1. The normalized spacial score (nSPS) is 20.2. The van der Waals surface area contributed by atoms with Gasteiger partial charge in [-0.1, -0.05) is 13.3 Å². The Morgan fingerprint density at radius 3 is 2.67 bits per heavy atom. The zero-order chi connectivity index (χ0) is 11.1. The fraction of sp³-hybridized carbons (Fsp3) is 1.00. The van der Waals surface area contributed by atoms with Crippen molar-refractivity contribution in [3.8, 4) is 0 Å². The van der Waals surface area contributed by atoms with Crippen molar-refractivity contribution in [2.75, 3.05) is 18.1 Å². The molecule has 15 heavy (non-hydrogen) atoms. The summed E-state index contributed by atoms with van der Waals surface area (Å²) in [6.07, 6.45) is 6.19. The van der Waals surface area contributed by atoms with Crippen LogP contribution in [0.5, 0.6) is 0 Å². The first kappa shape index (κ1) is 13.3. The summed E-state index contributed by atoms with van der Waals surface area (Å²) >= 11 is 2.01. The van der Waals surface area contributed by atoms with Gasteiger partial charge in [0, 0.05) is 11.6 Å². The molecule has 1 aliphatic carbocycles. The summed E-state index contributed by atoms with van der Waals surface area (Å²) in [4.78, 5) is 0. The first-order valence-corrected chi connectivity index (χ1v) is 7.32. The van der Waals surface area contributed by atoms with E-state index in [1.807, 2.05) is 11.8 Å². The highest BCUT2D eigenvalue weighted by molar-refractivity contribution is 7.99. The minimum atomic E-state index is -0.0297. The van der Waals surface area contributed by atoms with E-state index in [1.165, 1.54) is 37.2 Å². The standard InChI is InChI=1S/C12H25NOS/c1-3-15-9-5-4-8-12(2,10-14)13-11-6-7-11/h11,13-14H,3-10H2,1-2H3. The largest absolute Gasteiger partial charge is 0.394 e. The van der Waals surface area contributed by atoms with Crippen molar-refractivity contribution >= 4 is 11.8 Å². The van der Waals surface area contributed by atoms with Crippen LogP contribution in [0.15, 0.2) is 0 Å². The Balaban J connectivity index is 2.08. The number of rotatable bonds is 9. The molecule has 0 spiro atoms. The van der Waals surface area contributed by atoms with Crippen molar-refractivity contribution in [2.24, 2.45) is 0 Å². The van der Waals surface area contributed by atoms with Crippen molar-refractivity contribution in [3.63, 3.8) is 0 Å². The molecule has 0 aromatic heterocycles. The summed E-state index contributed by atoms with van der Waals surface area (Å²) in [5.41, 5.74) is -0.0297. The molecule has 1 aliphatic rings. The van der Waals surface area contributed by atoms with Crippen LogP contribution in [0.4, 0.5) is 0 Å². The zero-order valence-electron chi connectivity index (χ0n) is 10.1. The van der Waals surface area contributed by atoms with Gasteiger partial charge in [-0.25, -0.2) is 0 Å². The van der Waals surface area contributed by atoms with E-state index in [0.717, 1.165) is 6.42 Å². The molecule has 0 heterocycles. The Morgan fingerprint density at radius 1 is 1.40 bits per heavy atom. The second-order valence-electron chi connectivity index (χ2n) is 4.79. The minimum absolute atomic E-state index is 0.0297. The first-order valence-electron chi connectivity index (χ1n) is 6.16. The minimum Gasteiger partial charge on any atom is -0.394 e. The van der Waals surface area contributed by atoms with Crippen molar-refractivity contribution < 1.29 is 5.11 Å². The molecule has 0 saturated heterocycles. The fourth-order valence-corrected chi connectivity index (χ4v) is 2.48. The summed E-state index contributed by atoms with van der Waals surface area (Å²) in [6, 6.07) is 0.687. The highest BCUT2D eigenvalue weighted by Gasteiger charge is 2.31. The van der Waals surface area contributed by atoms with Gasteiger partial charge < -0.3 is 10.4 Å². The molecular formula is C12H25NOS. The lowest BCUT2D eigenvalue weighted by Crippen LogP contribution is -2.46. The molecule has 2 N–H and O–H groups in total. The van der Waals surface area contributed by atoms with E-state index in [4.69, 9.17) is 0 Å². The predicted octanol–water partition coefficient (Wildman–Crippen LogP) is 2.41. The molecule has 0 bridgehead atoms. The van der Waals surface area contributed by atoms with Crippen molar-refractivity contribution in [1.29, 1.82) is 0 Å². The van der Waals surface area contributed by atoms with Gasteiger partial charge in [0.2, 0.25) is 0 Å². The SMILES string of the molecule is CCSCCCCC(C)(CO)NC1CC1. The maximum absolute atomic E-state index is 9.40. The van der Waals surface area contributed by atoms with Crippen LogP contribution in [0, 0.1) is 0 Å². The van der Waals surface area contributed by atoms with Crippen LogP contribution >= 0.6 is 11.8 Å². The lowest BCUT2D eigenvalue weighted by Gasteiger charge is -2.29. The van der Waals surface area contributed by atoms with E-state index >= 15 is 0 Å². The molecule has 0 aromatic rings. The molecule has 1 saturated carbocycles. The molecule has 90 valence electrons. The van der Waals surface area contributed by atoms with Crippen LogP contribution in [0.3, 0.4) is 0 Å². The third-order valence-corrected chi connectivity index (χ3v) is 3.94. The number of nitrogens with one attached hydrogen (secondary N) is 1. The topological polar surface area (TPSA) is 32.3 Å². The Hall–Kier alpha value is 0.270. The van der Waals surface area contributed by atoms with Crippen molar-refractivity contribution in [2.45, 2.75) is 57.5 Å². The summed E-state index contributed by atoms with van der Waals surface area (Å²) in [7, 11) is 0. The van der Waals surface area contributed by atoms with Crippen LogP contribution in [0.25, 0.3) is 0 Å². The van der Waals surface area contributed by atoms with Gasteiger partial charge in [-0.15, -0.1) is 0 Å². The average Bonchev–Trinajstić information content (AvgIpc) is 3.01. The molecule has 1 fully saturated rings. The van der Waals surface area contributed by atoms with Gasteiger partial charge in [0.1, 0.15) is 0 Å². The molecule has 1 rings (SSSR count). The molecule has 1 unspecified atom stereocenters. The number of aliphatic hydroxyl groups excluding tert-OH is 1. The van der Waals surface area contributed by atoms with Crippen LogP contribution < -0.4 is 5.32 Å². The van der Waals surface area contributed by atoms with Gasteiger partial charge in [0.15, 0.2) is 0 Å². The smallest absolute Gasteiger partial charge is 0.0610 e. The van der Waals surface area contributed by atoms with Gasteiger partial charge in [0.05, 0.1) is 6.61 Å². The van der Waals surface area contributed by atoms with Gasteiger partial charge in [-0.2, -0.15) is 11.8 Å². The van der Waals surface area contributed by atoms with E-state index < -0.39 is 0 Å². The first-order chi connectivity index (χ1) is 7.20. The molecule has 0 aliphatic heterocycles. The van der Waals surface area contributed by atoms with Crippen LogP contribution in [-0.2, 0) is 0 Å². The maximum atomic E-state index is 9.40. The number of hydrogen-bond acceptors (Lipinski definition) is 3. The Labute approximate surface area is 98.2 Å². The lowest BCUT2D eigenvalue weighted by atomic mass is 9.96. The average molecular weight is 231 g/mol. The lowest BCUT2D eigenvalue weighted by molar-refractivity contribution is 0.161. The van der Waals surface area contributed by atoms with Gasteiger partial charge in [-0.05, 0) is 44.1 Å². The third kappa shape index (κ3) is 5.79. The fourth-order valence-electron chi connectivity index (χ4n) is 1.78. The second-order valence-corrected chi connectivity index (χ2v) is 6.19. The molecule has 2 nitrogen and oxygen atoms in total. The maximum Gasteiger partial charge on any atom is 0.0610 e. The molecule has 1 atom stereocenters. The molecular weight excluding hydrogens is 206 g/mol. The molecule has 3 heteroatoms. The quantitative estimate of drug-likeness (QED) is 0.598. The van der Waals surface area contributed by atoms with Crippen LogP contribution in [0.2, 0.25) is 0 Å². The Morgan fingerprint density at radius 2 is 2.13 bits per heavy atom. The number of aliphatic hydroxyl groups is 1. The molecule has 0 aromatic carbocycles. The Kier molecular flexibility index (Phi) is 6.02. The summed E-state index contributed by atoms with van der Waals surface area (Å²) < 4.78 is 0. The van der Waals surface area contributed by atoms with E-state index in [9.17, 15) is 5.11 Å². The predicted molar refractivity (Wildman–Crippen MR) is 68.5 cm³/mol. The van der Waals surface area contributed by atoms with Gasteiger partial charge in [0.25, 0.3) is 0 Å². The third-order valence-electron chi connectivity index (χ3n) is 2.95. The van der Waals surface area contributed by atoms with Gasteiger partial charge >= 0.3 is 0 Å². The Bertz CT molecular complexity index is 173. The molecule has 0 amide bonds. The number of unbranched alkanes of at least 4 members (excludes halogenated alkanes) is 1. The van der Waals surface area contributed by atoms with Crippen LogP contribution in [0.1, 0.15) is 46.0 Å². The monoisotopic (exact) mass is 231 g/mol. The molecule has 0 radical (unpaired) electrons. The summed E-state index contributed by atoms with van der Waals surface area (Å²) in [5.74, 6) is 2.49. The summed E-state index contributed by atoms with van der Waals surface area (Å²) in [5, 5.41) is 12.9. The van der Waals surface area contributed by atoms with Crippen LogP contribution in [-0.4, -0.2) is 34.8 Å². The van der Waals surface area contributed by atoms with E-state index in [0.29, 0.717) is 6.04 Å². The summed E-state index contributed by atoms with van der Waals surface area (Å²) in [6.45, 7) is 4.62. The van der Waals surface area contributed by atoms with Crippen molar-refractivity contribution in [1.82, 2.24) is 5.32 Å². The van der Waals surface area contributed by atoms with E-state index in [-0.39, 0.29) is 12.1 Å². The van der Waals surface area contributed by atoms with Gasteiger partial charge in [-0.3, -0.25) is 0 Å². The zero-order valence-corrected chi connectivity index (χ0v) is 10.9. The second kappa shape index (κ2) is 6.77. The highest BCUT2D eigenvalue weighted by atomic mass is 32.2. The number of hydrogen-bond donors (Lipinski definition) is 2. The van der Waals surface area contributed by atoms with Crippen molar-refractivity contribution in [3.05, 3.63) is 0 Å². The highest BCUT2D eigenvalue weighted by Crippen LogP contribution is 2.25. The van der Waals surface area contributed by atoms with E-state index in [2.05, 4.69) is 19.2 Å².